The van der Waals surface area contributed by atoms with Gasteiger partial charge in [0.05, 0.1) is 11.6 Å². The van der Waals surface area contributed by atoms with Crippen LogP contribution in [0, 0.1) is 0 Å². The van der Waals surface area contributed by atoms with Crippen LogP contribution in [0.2, 0.25) is 0 Å². The van der Waals surface area contributed by atoms with Gasteiger partial charge in [-0.05, 0) is 17.7 Å². The molecular weight excluding hydrogens is 214 g/mol. The third kappa shape index (κ3) is 1.68. The maximum absolute atomic E-state index is 11.2. The smallest absolute Gasteiger partial charge is 0.408 e. The topological polar surface area (TPSA) is 55.4 Å². The summed E-state index contributed by atoms with van der Waals surface area (Å²) in [6.45, 7) is 0. The summed E-state index contributed by atoms with van der Waals surface area (Å²) in [7, 11) is 1.64. The van der Waals surface area contributed by atoms with Gasteiger partial charge in [0.2, 0.25) is 0 Å². The lowest BCUT2D eigenvalue weighted by molar-refractivity contribution is 0.204. The van der Waals surface area contributed by atoms with E-state index in [9.17, 15) is 9.90 Å². The fourth-order valence-corrected chi connectivity index (χ4v) is 1.67. The Bertz CT molecular complexity index is 543. The highest BCUT2D eigenvalue weighted by atomic mass is 32.1. The molecule has 1 N–H and O–H groups in total. The van der Waals surface area contributed by atoms with Crippen LogP contribution >= 0.6 is 12.6 Å². The lowest BCUT2D eigenvalue weighted by atomic mass is 10.1. The van der Waals surface area contributed by atoms with Crippen LogP contribution in [-0.2, 0) is 7.05 Å². The van der Waals surface area contributed by atoms with Crippen LogP contribution in [0.1, 0.15) is 11.7 Å². The monoisotopic (exact) mass is 225 g/mol. The highest BCUT2D eigenvalue weighted by Crippen LogP contribution is 2.20. The molecule has 0 saturated carbocycles. The minimum Gasteiger partial charge on any atom is -0.408 e. The Morgan fingerprint density at radius 1 is 1.60 bits per heavy atom. The first kappa shape index (κ1) is 10.3. The highest BCUT2D eigenvalue weighted by molar-refractivity contribution is 7.80. The second-order valence-electron chi connectivity index (χ2n) is 3.35. The Hall–Kier alpha value is -1.20. The molecule has 0 fully saturated rings. The molecule has 0 amide bonds. The summed E-state index contributed by atoms with van der Waals surface area (Å²) in [6, 6.07) is 5.18. The molecule has 0 radical (unpaired) electrons. The van der Waals surface area contributed by atoms with Gasteiger partial charge in [-0.2, -0.15) is 12.6 Å². The minimum atomic E-state index is -0.636. The van der Waals surface area contributed by atoms with Crippen LogP contribution in [0.15, 0.2) is 27.4 Å². The molecule has 15 heavy (non-hydrogen) atoms. The first-order chi connectivity index (χ1) is 7.13. The number of aliphatic hydroxyl groups is 1. The summed E-state index contributed by atoms with van der Waals surface area (Å²) < 4.78 is 6.43. The average molecular weight is 225 g/mol. The average Bonchev–Trinajstić information content (AvgIpc) is 2.53. The van der Waals surface area contributed by atoms with Crippen molar-refractivity contribution in [2.45, 2.75) is 6.10 Å². The molecule has 1 aromatic carbocycles. The quantitative estimate of drug-likeness (QED) is 0.752. The molecular formula is C10H11NO3S. The summed E-state index contributed by atoms with van der Waals surface area (Å²) in [4.78, 5) is 11.2. The summed E-state index contributed by atoms with van der Waals surface area (Å²) in [5, 5.41) is 9.56. The summed E-state index contributed by atoms with van der Waals surface area (Å²) in [6.07, 6.45) is -0.636. The van der Waals surface area contributed by atoms with Gasteiger partial charge in [-0.3, -0.25) is 4.57 Å². The molecule has 1 heterocycles. The van der Waals surface area contributed by atoms with E-state index in [1.165, 1.54) is 4.57 Å². The van der Waals surface area contributed by atoms with E-state index in [0.717, 1.165) is 5.52 Å². The Balaban J connectivity index is 2.62. The van der Waals surface area contributed by atoms with Crippen molar-refractivity contribution in [3.05, 3.63) is 34.3 Å². The molecule has 4 nitrogen and oxygen atoms in total. The number of hydrogen-bond donors (Lipinski definition) is 2. The molecule has 1 aromatic heterocycles. The van der Waals surface area contributed by atoms with E-state index in [1.807, 2.05) is 0 Å². The Labute approximate surface area is 91.5 Å². The van der Waals surface area contributed by atoms with Crippen LogP contribution in [0.5, 0.6) is 0 Å². The van der Waals surface area contributed by atoms with E-state index in [2.05, 4.69) is 12.6 Å². The number of oxazole rings is 1. The second-order valence-corrected chi connectivity index (χ2v) is 3.72. The molecule has 0 saturated heterocycles. The number of thiol groups is 1. The lowest BCUT2D eigenvalue weighted by Crippen LogP contribution is -2.08. The predicted octanol–water partition coefficient (Wildman–Crippen LogP) is 1.09. The van der Waals surface area contributed by atoms with Gasteiger partial charge in [-0.15, -0.1) is 0 Å². The molecule has 0 aliphatic rings. The van der Waals surface area contributed by atoms with Gasteiger partial charge in [0.1, 0.15) is 0 Å². The molecule has 0 bridgehead atoms. The van der Waals surface area contributed by atoms with Crippen molar-refractivity contribution in [1.82, 2.24) is 4.57 Å². The van der Waals surface area contributed by atoms with Crippen molar-refractivity contribution < 1.29 is 9.52 Å². The van der Waals surface area contributed by atoms with Crippen molar-refractivity contribution in [3.63, 3.8) is 0 Å². The first-order valence-electron chi connectivity index (χ1n) is 4.52. The molecule has 5 heteroatoms. The molecule has 1 unspecified atom stereocenters. The minimum absolute atomic E-state index is 0.336. The zero-order valence-corrected chi connectivity index (χ0v) is 9.07. The van der Waals surface area contributed by atoms with Crippen molar-refractivity contribution in [1.29, 1.82) is 0 Å². The molecule has 2 aromatic rings. The van der Waals surface area contributed by atoms with Gasteiger partial charge in [0.15, 0.2) is 5.58 Å². The maximum Gasteiger partial charge on any atom is 0.419 e. The number of aliphatic hydroxyl groups excluding tert-OH is 1. The maximum atomic E-state index is 11.2. The fourth-order valence-electron chi connectivity index (χ4n) is 1.46. The number of aromatic nitrogens is 1. The normalized spacial score (nSPS) is 13.3. The van der Waals surface area contributed by atoms with Crippen molar-refractivity contribution >= 4 is 23.7 Å². The lowest BCUT2D eigenvalue weighted by Gasteiger charge is -2.06. The zero-order chi connectivity index (χ0) is 11.0. The van der Waals surface area contributed by atoms with Gasteiger partial charge >= 0.3 is 5.76 Å². The number of rotatable bonds is 2. The van der Waals surface area contributed by atoms with E-state index in [1.54, 1.807) is 25.2 Å². The number of fused-ring (bicyclic) bond motifs is 1. The molecule has 0 aliphatic heterocycles. The van der Waals surface area contributed by atoms with E-state index in [4.69, 9.17) is 4.42 Å². The molecule has 0 spiro atoms. The number of benzene rings is 1. The molecule has 0 aliphatic carbocycles. The third-order valence-electron chi connectivity index (χ3n) is 2.37. The summed E-state index contributed by atoms with van der Waals surface area (Å²) >= 11 is 4.00. The SMILES string of the molecule is Cn1c(=O)oc2cc(C(O)CS)ccc21. The third-order valence-corrected chi connectivity index (χ3v) is 2.72. The Morgan fingerprint density at radius 3 is 3.00 bits per heavy atom. The van der Waals surface area contributed by atoms with Crippen LogP contribution < -0.4 is 5.76 Å². The van der Waals surface area contributed by atoms with Crippen molar-refractivity contribution in [3.8, 4) is 0 Å². The van der Waals surface area contributed by atoms with Crippen molar-refractivity contribution in [2.24, 2.45) is 7.05 Å². The van der Waals surface area contributed by atoms with E-state index in [0.29, 0.717) is 16.9 Å². The van der Waals surface area contributed by atoms with Gasteiger partial charge in [-0.25, -0.2) is 4.79 Å². The number of hydrogen-bond acceptors (Lipinski definition) is 4. The molecule has 1 atom stereocenters. The van der Waals surface area contributed by atoms with Crippen molar-refractivity contribution in [2.75, 3.05) is 5.75 Å². The fraction of sp³-hybridized carbons (Fsp3) is 0.300. The summed E-state index contributed by atoms with van der Waals surface area (Å²) in [5.74, 6) is -0.0646. The van der Waals surface area contributed by atoms with Gasteiger partial charge in [0, 0.05) is 12.8 Å². The zero-order valence-electron chi connectivity index (χ0n) is 8.17. The number of nitrogens with zero attached hydrogens (tertiary/aromatic N) is 1. The number of aryl methyl sites for hydroxylation is 1. The van der Waals surface area contributed by atoms with Gasteiger partial charge < -0.3 is 9.52 Å². The van der Waals surface area contributed by atoms with Crippen LogP contribution in [0.3, 0.4) is 0 Å². The Kier molecular flexibility index (Phi) is 2.58. The largest absolute Gasteiger partial charge is 0.419 e. The predicted molar refractivity (Wildman–Crippen MR) is 60.3 cm³/mol. The summed E-state index contributed by atoms with van der Waals surface area (Å²) in [5.41, 5.74) is 1.91. The van der Waals surface area contributed by atoms with E-state index in [-0.39, 0.29) is 0 Å². The molecule has 80 valence electrons. The van der Waals surface area contributed by atoms with Crippen LogP contribution in [-0.4, -0.2) is 15.4 Å². The standard InChI is InChI=1S/C10H11NO3S/c1-11-7-3-2-6(8(12)5-15)4-9(7)14-10(11)13/h2-4,8,12,15H,5H2,1H3. The van der Waals surface area contributed by atoms with Crippen LogP contribution in [0.25, 0.3) is 11.1 Å². The highest BCUT2D eigenvalue weighted by Gasteiger charge is 2.10. The molecule has 2 rings (SSSR count). The first-order valence-corrected chi connectivity index (χ1v) is 5.15. The van der Waals surface area contributed by atoms with Crippen LogP contribution in [0.4, 0.5) is 0 Å². The van der Waals surface area contributed by atoms with Gasteiger partial charge in [-0.1, -0.05) is 6.07 Å². The van der Waals surface area contributed by atoms with E-state index >= 15 is 0 Å². The van der Waals surface area contributed by atoms with E-state index < -0.39 is 11.9 Å². The second kappa shape index (κ2) is 3.75. The van der Waals surface area contributed by atoms with Gasteiger partial charge in [0.25, 0.3) is 0 Å². The Morgan fingerprint density at radius 2 is 2.33 bits per heavy atom.